The largest absolute Gasteiger partial charge is 0.289 e. The van der Waals surface area contributed by atoms with Crippen LogP contribution in [-0.4, -0.2) is 20.5 Å². The smallest absolute Gasteiger partial charge is 0.261 e. The number of halogens is 4. The first kappa shape index (κ1) is 17.2. The van der Waals surface area contributed by atoms with Crippen LogP contribution >= 0.6 is 11.3 Å². The molecule has 27 heavy (non-hydrogen) atoms. The van der Waals surface area contributed by atoms with E-state index < -0.39 is 28.9 Å². The molecular formula is C17H8F4N4OS. The second kappa shape index (κ2) is 6.47. The van der Waals surface area contributed by atoms with Crippen molar-refractivity contribution < 1.29 is 22.4 Å². The van der Waals surface area contributed by atoms with Crippen molar-refractivity contribution in [2.24, 2.45) is 0 Å². The van der Waals surface area contributed by atoms with Gasteiger partial charge in [0, 0.05) is 10.9 Å². The van der Waals surface area contributed by atoms with E-state index in [1.807, 2.05) is 0 Å². The normalized spacial score (nSPS) is 11.1. The van der Waals surface area contributed by atoms with Crippen molar-refractivity contribution in [3.63, 3.8) is 0 Å². The predicted molar refractivity (Wildman–Crippen MR) is 90.5 cm³/mol. The summed E-state index contributed by atoms with van der Waals surface area (Å²) in [7, 11) is 0. The van der Waals surface area contributed by atoms with Crippen molar-refractivity contribution in [1.29, 1.82) is 0 Å². The van der Waals surface area contributed by atoms with Crippen LogP contribution < -0.4 is 5.32 Å². The maximum atomic E-state index is 13.7. The highest BCUT2D eigenvalue weighted by molar-refractivity contribution is 7.15. The van der Waals surface area contributed by atoms with Crippen LogP contribution in [0.25, 0.3) is 16.2 Å². The number of carbonyl (C=O) groups is 1. The molecule has 10 heteroatoms. The highest BCUT2D eigenvalue weighted by Gasteiger charge is 2.20. The first-order chi connectivity index (χ1) is 12.9. The van der Waals surface area contributed by atoms with E-state index in [9.17, 15) is 22.4 Å². The number of aromatic nitrogens is 3. The molecule has 2 heterocycles. The van der Waals surface area contributed by atoms with Crippen molar-refractivity contribution in [3.8, 4) is 11.3 Å². The van der Waals surface area contributed by atoms with E-state index in [1.54, 1.807) is 17.5 Å². The summed E-state index contributed by atoms with van der Waals surface area (Å²) in [6.45, 7) is 0. The minimum absolute atomic E-state index is 0.139. The van der Waals surface area contributed by atoms with Gasteiger partial charge in [0.1, 0.15) is 5.82 Å². The van der Waals surface area contributed by atoms with E-state index in [0.29, 0.717) is 22.3 Å². The molecule has 0 atom stereocenters. The Bertz CT molecular complexity index is 1170. The number of nitrogens with one attached hydrogen (secondary N) is 1. The molecule has 0 saturated heterocycles. The number of fused-ring (bicyclic) bond motifs is 1. The third kappa shape index (κ3) is 3.04. The molecule has 136 valence electrons. The molecule has 0 aliphatic heterocycles. The highest BCUT2D eigenvalue weighted by atomic mass is 32.1. The maximum Gasteiger partial charge on any atom is 0.261 e. The van der Waals surface area contributed by atoms with Gasteiger partial charge in [-0.3, -0.25) is 10.1 Å². The molecule has 1 amide bonds. The molecule has 5 nitrogen and oxygen atoms in total. The Morgan fingerprint density at radius 3 is 2.48 bits per heavy atom. The van der Waals surface area contributed by atoms with Gasteiger partial charge < -0.3 is 0 Å². The van der Waals surface area contributed by atoms with Gasteiger partial charge in [-0.25, -0.2) is 22.1 Å². The summed E-state index contributed by atoms with van der Waals surface area (Å²) in [5.41, 5.74) is 0.616. The van der Waals surface area contributed by atoms with Crippen molar-refractivity contribution in [2.45, 2.75) is 0 Å². The molecule has 4 aromatic rings. The number of anilines is 1. The van der Waals surface area contributed by atoms with Crippen LogP contribution in [-0.2, 0) is 0 Å². The summed E-state index contributed by atoms with van der Waals surface area (Å²) in [6.07, 6.45) is 0. The zero-order valence-electron chi connectivity index (χ0n) is 13.2. The molecule has 4 rings (SSSR count). The van der Waals surface area contributed by atoms with Crippen molar-refractivity contribution >= 4 is 28.2 Å². The SMILES string of the molecule is O=C(Nc1nc2scc(-c3ccc(F)cc3)n2n1)c1ccc(F)c(F)c1F. The number of benzene rings is 2. The number of amides is 1. The molecule has 0 spiro atoms. The number of nitrogens with zero attached hydrogens (tertiary/aromatic N) is 3. The monoisotopic (exact) mass is 392 g/mol. The van der Waals surface area contributed by atoms with Gasteiger partial charge in [-0.05, 0) is 36.4 Å². The van der Waals surface area contributed by atoms with Crippen molar-refractivity contribution in [2.75, 3.05) is 5.32 Å². The molecule has 0 bridgehead atoms. The van der Waals surface area contributed by atoms with Crippen LogP contribution in [0.5, 0.6) is 0 Å². The van der Waals surface area contributed by atoms with Gasteiger partial charge in [0.05, 0.1) is 11.3 Å². The minimum Gasteiger partial charge on any atom is -0.289 e. The van der Waals surface area contributed by atoms with Gasteiger partial charge in [-0.15, -0.1) is 16.4 Å². The fourth-order valence-electron chi connectivity index (χ4n) is 2.42. The van der Waals surface area contributed by atoms with Gasteiger partial charge in [-0.2, -0.15) is 4.98 Å². The predicted octanol–water partition coefficient (Wildman–Crippen LogP) is 4.27. The van der Waals surface area contributed by atoms with E-state index in [4.69, 9.17) is 0 Å². The average Bonchev–Trinajstić information content (AvgIpc) is 3.20. The Morgan fingerprint density at radius 1 is 1.00 bits per heavy atom. The molecule has 0 unspecified atom stereocenters. The zero-order valence-corrected chi connectivity index (χ0v) is 14.0. The van der Waals surface area contributed by atoms with Crippen LogP contribution in [0.4, 0.5) is 23.5 Å². The Labute approximate surface area is 152 Å². The first-order valence-corrected chi connectivity index (χ1v) is 8.37. The molecule has 0 saturated carbocycles. The molecular weight excluding hydrogens is 384 g/mol. The summed E-state index contributed by atoms with van der Waals surface area (Å²) < 4.78 is 54.5. The van der Waals surface area contributed by atoms with Crippen LogP contribution in [0, 0.1) is 23.3 Å². The van der Waals surface area contributed by atoms with Crippen LogP contribution in [0.15, 0.2) is 41.8 Å². The molecule has 0 aliphatic rings. The summed E-state index contributed by atoms with van der Waals surface area (Å²) in [4.78, 5) is 16.6. The van der Waals surface area contributed by atoms with Gasteiger partial charge >= 0.3 is 0 Å². The summed E-state index contributed by atoms with van der Waals surface area (Å²) in [5.74, 6) is -6.27. The maximum absolute atomic E-state index is 13.7. The zero-order chi connectivity index (χ0) is 19.1. The van der Waals surface area contributed by atoms with Crippen molar-refractivity contribution in [1.82, 2.24) is 14.6 Å². The van der Waals surface area contributed by atoms with Gasteiger partial charge in [0.25, 0.3) is 11.9 Å². The third-order valence-electron chi connectivity index (χ3n) is 3.73. The van der Waals surface area contributed by atoms with E-state index in [1.165, 1.54) is 28.0 Å². The molecule has 0 radical (unpaired) electrons. The van der Waals surface area contributed by atoms with E-state index in [0.717, 1.165) is 6.07 Å². The Hall–Kier alpha value is -3.27. The van der Waals surface area contributed by atoms with Gasteiger partial charge in [-0.1, -0.05) is 0 Å². The Morgan fingerprint density at radius 2 is 1.74 bits per heavy atom. The Balaban J connectivity index is 1.65. The van der Waals surface area contributed by atoms with Crippen molar-refractivity contribution in [3.05, 3.63) is 70.6 Å². The lowest BCUT2D eigenvalue weighted by molar-refractivity contribution is 0.102. The minimum atomic E-state index is -1.74. The third-order valence-corrected chi connectivity index (χ3v) is 4.54. The fraction of sp³-hybridized carbons (Fsp3) is 0. The van der Waals surface area contributed by atoms with Crippen LogP contribution in [0.1, 0.15) is 10.4 Å². The summed E-state index contributed by atoms with van der Waals surface area (Å²) in [6, 6.07) is 7.19. The van der Waals surface area contributed by atoms with Gasteiger partial charge in [0.2, 0.25) is 4.96 Å². The lowest BCUT2D eigenvalue weighted by Gasteiger charge is -2.04. The first-order valence-electron chi connectivity index (χ1n) is 7.49. The highest BCUT2D eigenvalue weighted by Crippen LogP contribution is 2.26. The molecule has 1 N–H and O–H groups in total. The van der Waals surface area contributed by atoms with Gasteiger partial charge in [0.15, 0.2) is 17.5 Å². The molecule has 0 aliphatic carbocycles. The fourth-order valence-corrected chi connectivity index (χ4v) is 3.25. The summed E-state index contributed by atoms with van der Waals surface area (Å²) in [5, 5.41) is 8.10. The number of hydrogen-bond donors (Lipinski definition) is 1. The molecule has 2 aromatic heterocycles. The average molecular weight is 392 g/mol. The molecule has 0 fully saturated rings. The van der Waals surface area contributed by atoms with E-state index >= 15 is 0 Å². The second-order valence-corrected chi connectivity index (χ2v) is 6.27. The van der Waals surface area contributed by atoms with E-state index in [-0.39, 0.29) is 11.8 Å². The number of thiazole rings is 1. The lowest BCUT2D eigenvalue weighted by Crippen LogP contribution is -2.16. The number of rotatable bonds is 3. The topological polar surface area (TPSA) is 59.3 Å². The standard InChI is InChI=1S/C17H8F4N4OS/c18-9-3-1-8(2-4-9)12-7-27-17-23-16(24-25(12)17)22-15(26)10-5-6-11(19)14(21)13(10)20/h1-7H,(H,22,24,26). The number of hydrogen-bond acceptors (Lipinski definition) is 4. The van der Waals surface area contributed by atoms with Crippen LogP contribution in [0.3, 0.4) is 0 Å². The summed E-state index contributed by atoms with van der Waals surface area (Å²) >= 11 is 1.22. The molecule has 2 aromatic carbocycles. The van der Waals surface area contributed by atoms with Crippen LogP contribution in [0.2, 0.25) is 0 Å². The lowest BCUT2D eigenvalue weighted by atomic mass is 10.2. The van der Waals surface area contributed by atoms with E-state index in [2.05, 4.69) is 15.4 Å². The second-order valence-electron chi connectivity index (χ2n) is 5.43. The quantitative estimate of drug-likeness (QED) is 0.419. The number of carbonyl (C=O) groups excluding carboxylic acids is 1. The Kier molecular flexibility index (Phi) is 4.11.